The highest BCUT2D eigenvalue weighted by atomic mass is 15.3. The van der Waals surface area contributed by atoms with Crippen LogP contribution in [0.5, 0.6) is 0 Å². The average Bonchev–Trinajstić information content (AvgIpc) is 2.88. The first kappa shape index (κ1) is 15.4. The van der Waals surface area contributed by atoms with Crippen LogP contribution in [0, 0.1) is 5.92 Å². The predicted molar refractivity (Wildman–Crippen MR) is 85.1 cm³/mol. The summed E-state index contributed by atoms with van der Waals surface area (Å²) in [4.78, 5) is 7.35. The lowest BCUT2D eigenvalue weighted by atomic mass is 9.94. The van der Waals surface area contributed by atoms with E-state index in [0.717, 1.165) is 26.1 Å². The fraction of sp³-hybridized carbons (Fsp3) is 0.812. The van der Waals surface area contributed by atoms with Crippen molar-refractivity contribution in [2.24, 2.45) is 11.7 Å². The van der Waals surface area contributed by atoms with Crippen LogP contribution >= 0.6 is 0 Å². The summed E-state index contributed by atoms with van der Waals surface area (Å²) in [7, 11) is 0. The number of anilines is 1. The van der Waals surface area contributed by atoms with E-state index in [9.17, 15) is 0 Å². The summed E-state index contributed by atoms with van der Waals surface area (Å²) in [5, 5.41) is 0. The molecule has 0 saturated carbocycles. The van der Waals surface area contributed by atoms with E-state index < -0.39 is 0 Å². The molecule has 2 unspecified atom stereocenters. The Labute approximate surface area is 123 Å². The van der Waals surface area contributed by atoms with E-state index in [0.29, 0.717) is 12.0 Å². The highest BCUT2D eigenvalue weighted by Gasteiger charge is 2.27. The molecule has 1 fully saturated rings. The number of hydrogen-bond acceptors (Lipinski definition) is 3. The zero-order chi connectivity index (χ0) is 14.5. The minimum Gasteiger partial charge on any atom is -0.339 e. The maximum absolute atomic E-state index is 5.88. The van der Waals surface area contributed by atoms with Crippen LogP contribution in [-0.4, -0.2) is 28.7 Å². The summed E-state index contributed by atoms with van der Waals surface area (Å²) in [6.07, 6.45) is 8.17. The van der Waals surface area contributed by atoms with Crippen molar-refractivity contribution in [3.63, 3.8) is 0 Å². The first-order valence-electron chi connectivity index (χ1n) is 8.22. The van der Waals surface area contributed by atoms with Crippen LogP contribution in [-0.2, 0) is 13.0 Å². The minimum atomic E-state index is 0.574. The summed E-state index contributed by atoms with van der Waals surface area (Å²) in [5.74, 6) is 1.79. The number of imidazole rings is 1. The molecule has 0 spiro atoms. The van der Waals surface area contributed by atoms with Gasteiger partial charge in [0, 0.05) is 25.3 Å². The second-order valence-corrected chi connectivity index (χ2v) is 6.11. The summed E-state index contributed by atoms with van der Waals surface area (Å²) in [6.45, 7) is 9.67. The van der Waals surface area contributed by atoms with Crippen molar-refractivity contribution in [2.75, 3.05) is 18.0 Å². The standard InChI is InChI=1S/C16H30N4/c1-4-6-9-19-12-15(5-2)18-16(19)20-11-14(10-17)8-7-13(20)3/h12-14H,4-11,17H2,1-3H3. The van der Waals surface area contributed by atoms with Gasteiger partial charge >= 0.3 is 0 Å². The van der Waals surface area contributed by atoms with E-state index in [-0.39, 0.29) is 0 Å². The molecular formula is C16H30N4. The van der Waals surface area contributed by atoms with Crippen molar-refractivity contribution < 1.29 is 0 Å². The van der Waals surface area contributed by atoms with Crippen LogP contribution in [0.25, 0.3) is 0 Å². The number of nitrogens with zero attached hydrogens (tertiary/aromatic N) is 3. The third-order valence-corrected chi connectivity index (χ3v) is 4.49. The van der Waals surface area contributed by atoms with Gasteiger partial charge in [0.05, 0.1) is 5.69 Å². The molecular weight excluding hydrogens is 248 g/mol. The third kappa shape index (κ3) is 3.35. The van der Waals surface area contributed by atoms with Crippen LogP contribution < -0.4 is 10.6 Å². The van der Waals surface area contributed by atoms with Crippen molar-refractivity contribution >= 4 is 5.95 Å². The molecule has 0 aliphatic carbocycles. The van der Waals surface area contributed by atoms with Crippen molar-refractivity contribution in [2.45, 2.75) is 65.5 Å². The van der Waals surface area contributed by atoms with Gasteiger partial charge in [0.2, 0.25) is 5.95 Å². The van der Waals surface area contributed by atoms with Gasteiger partial charge in [-0.1, -0.05) is 20.3 Å². The van der Waals surface area contributed by atoms with Gasteiger partial charge in [-0.05, 0) is 45.1 Å². The average molecular weight is 278 g/mol. The van der Waals surface area contributed by atoms with Crippen LogP contribution in [0.3, 0.4) is 0 Å². The summed E-state index contributed by atoms with van der Waals surface area (Å²) < 4.78 is 2.36. The van der Waals surface area contributed by atoms with Gasteiger partial charge in [0.25, 0.3) is 0 Å². The van der Waals surface area contributed by atoms with E-state index >= 15 is 0 Å². The van der Waals surface area contributed by atoms with E-state index in [1.165, 1.54) is 37.3 Å². The maximum atomic E-state index is 5.88. The molecule has 0 amide bonds. The molecule has 20 heavy (non-hydrogen) atoms. The van der Waals surface area contributed by atoms with Gasteiger partial charge in [-0.25, -0.2) is 4.98 Å². The Hall–Kier alpha value is -1.03. The van der Waals surface area contributed by atoms with Crippen molar-refractivity contribution in [3.8, 4) is 0 Å². The molecule has 1 aromatic heterocycles. The molecule has 4 nitrogen and oxygen atoms in total. The zero-order valence-corrected chi connectivity index (χ0v) is 13.3. The predicted octanol–water partition coefficient (Wildman–Crippen LogP) is 2.81. The van der Waals surface area contributed by atoms with Crippen LogP contribution in [0.4, 0.5) is 5.95 Å². The topological polar surface area (TPSA) is 47.1 Å². The zero-order valence-electron chi connectivity index (χ0n) is 13.3. The molecule has 2 heterocycles. The SMILES string of the molecule is CCCCn1cc(CC)nc1N1CC(CN)CCC1C. The maximum Gasteiger partial charge on any atom is 0.205 e. The van der Waals surface area contributed by atoms with Gasteiger partial charge in [0.1, 0.15) is 0 Å². The number of hydrogen-bond donors (Lipinski definition) is 1. The Kier molecular flexibility index (Phi) is 5.46. The molecule has 114 valence electrons. The van der Waals surface area contributed by atoms with E-state index in [2.05, 4.69) is 36.4 Å². The highest BCUT2D eigenvalue weighted by molar-refractivity contribution is 5.36. The molecule has 2 atom stereocenters. The number of rotatable bonds is 6. The Bertz CT molecular complexity index is 413. The molecule has 4 heteroatoms. The van der Waals surface area contributed by atoms with Gasteiger partial charge < -0.3 is 15.2 Å². The Balaban J connectivity index is 2.21. The molecule has 1 aliphatic heterocycles. The third-order valence-electron chi connectivity index (χ3n) is 4.49. The minimum absolute atomic E-state index is 0.574. The molecule has 2 N–H and O–H groups in total. The molecule has 1 aromatic rings. The lowest BCUT2D eigenvalue weighted by Gasteiger charge is -2.38. The van der Waals surface area contributed by atoms with Gasteiger partial charge in [-0.15, -0.1) is 0 Å². The number of aryl methyl sites for hydroxylation is 2. The Morgan fingerprint density at radius 3 is 2.80 bits per heavy atom. The lowest BCUT2D eigenvalue weighted by Crippen LogP contribution is -2.45. The second-order valence-electron chi connectivity index (χ2n) is 6.11. The quantitative estimate of drug-likeness (QED) is 0.870. The molecule has 1 aliphatic rings. The van der Waals surface area contributed by atoms with Crippen molar-refractivity contribution in [1.82, 2.24) is 9.55 Å². The van der Waals surface area contributed by atoms with Crippen molar-refractivity contribution in [1.29, 1.82) is 0 Å². The fourth-order valence-corrected chi connectivity index (χ4v) is 3.01. The smallest absolute Gasteiger partial charge is 0.205 e. The Morgan fingerprint density at radius 1 is 1.35 bits per heavy atom. The van der Waals surface area contributed by atoms with E-state index in [1.54, 1.807) is 0 Å². The monoisotopic (exact) mass is 278 g/mol. The molecule has 1 saturated heterocycles. The molecule has 0 aromatic carbocycles. The van der Waals surface area contributed by atoms with Crippen molar-refractivity contribution in [3.05, 3.63) is 11.9 Å². The molecule has 0 bridgehead atoms. The fourth-order valence-electron chi connectivity index (χ4n) is 3.01. The normalized spacial score (nSPS) is 23.3. The summed E-state index contributed by atoms with van der Waals surface area (Å²) in [6, 6.07) is 0.574. The largest absolute Gasteiger partial charge is 0.339 e. The van der Waals surface area contributed by atoms with Crippen LogP contribution in [0.2, 0.25) is 0 Å². The number of aromatic nitrogens is 2. The second kappa shape index (κ2) is 7.11. The van der Waals surface area contributed by atoms with Gasteiger partial charge in [-0.3, -0.25) is 0 Å². The molecule has 2 rings (SSSR count). The van der Waals surface area contributed by atoms with Crippen LogP contribution in [0.15, 0.2) is 6.20 Å². The first-order valence-corrected chi connectivity index (χ1v) is 8.22. The number of unbranched alkanes of at least 4 members (excludes halogenated alkanes) is 1. The van der Waals surface area contributed by atoms with Crippen LogP contribution in [0.1, 0.15) is 52.1 Å². The molecule has 0 radical (unpaired) electrons. The highest BCUT2D eigenvalue weighted by Crippen LogP contribution is 2.27. The lowest BCUT2D eigenvalue weighted by molar-refractivity contribution is 0.366. The first-order chi connectivity index (χ1) is 9.69. The Morgan fingerprint density at radius 2 is 2.15 bits per heavy atom. The van der Waals surface area contributed by atoms with E-state index in [1.807, 2.05) is 0 Å². The number of nitrogens with two attached hydrogens (primary N) is 1. The number of piperidine rings is 1. The van der Waals surface area contributed by atoms with E-state index in [4.69, 9.17) is 10.7 Å². The summed E-state index contributed by atoms with van der Waals surface area (Å²) in [5.41, 5.74) is 7.09. The summed E-state index contributed by atoms with van der Waals surface area (Å²) >= 11 is 0. The van der Waals surface area contributed by atoms with Gasteiger partial charge in [-0.2, -0.15) is 0 Å². The van der Waals surface area contributed by atoms with Gasteiger partial charge in [0.15, 0.2) is 0 Å².